The van der Waals surface area contributed by atoms with Crippen molar-refractivity contribution in [3.63, 3.8) is 0 Å². The monoisotopic (exact) mass is 239 g/mol. The summed E-state index contributed by atoms with van der Waals surface area (Å²) in [6.45, 7) is 5.60. The Balaban J connectivity index is 1.92. The van der Waals surface area contributed by atoms with E-state index in [9.17, 15) is 0 Å². The van der Waals surface area contributed by atoms with Crippen molar-refractivity contribution in [2.24, 2.45) is 0 Å². The Morgan fingerprint density at radius 2 is 2.50 bits per heavy atom. The van der Waals surface area contributed by atoms with E-state index in [-0.39, 0.29) is 0 Å². The zero-order valence-electron chi connectivity index (χ0n) is 10.2. The predicted octanol–water partition coefficient (Wildman–Crippen LogP) is 1.89. The highest BCUT2D eigenvalue weighted by Crippen LogP contribution is 2.22. The Labute approximate surface area is 102 Å². The molecule has 1 atom stereocenters. The van der Waals surface area contributed by atoms with Crippen molar-refractivity contribution >= 4 is 11.3 Å². The predicted molar refractivity (Wildman–Crippen MR) is 68.9 cm³/mol. The molecule has 90 valence electrons. The Hall–Kier alpha value is -0.450. The lowest BCUT2D eigenvalue weighted by Crippen LogP contribution is -2.30. The standard InChI is InChI=1S/C12H21N3S/c1-3-15-6-4-5-11(15)7-12-14-10(8-13-2)9-16-12/h9,11,13H,3-8H2,1-2H3. The van der Waals surface area contributed by atoms with Crippen molar-refractivity contribution in [2.45, 2.75) is 38.8 Å². The van der Waals surface area contributed by atoms with Gasteiger partial charge in [0.15, 0.2) is 0 Å². The molecule has 1 unspecified atom stereocenters. The molecule has 0 spiro atoms. The van der Waals surface area contributed by atoms with E-state index < -0.39 is 0 Å². The molecule has 0 aliphatic carbocycles. The number of likely N-dealkylation sites (tertiary alicyclic amines) is 1. The number of aromatic nitrogens is 1. The lowest BCUT2D eigenvalue weighted by Gasteiger charge is -2.21. The fourth-order valence-electron chi connectivity index (χ4n) is 2.45. The van der Waals surface area contributed by atoms with Gasteiger partial charge in [0.2, 0.25) is 0 Å². The molecule has 1 N–H and O–H groups in total. The van der Waals surface area contributed by atoms with Crippen LogP contribution in [0.5, 0.6) is 0 Å². The van der Waals surface area contributed by atoms with Crippen LogP contribution < -0.4 is 5.32 Å². The van der Waals surface area contributed by atoms with Gasteiger partial charge in [-0.25, -0.2) is 4.98 Å². The average molecular weight is 239 g/mol. The summed E-state index contributed by atoms with van der Waals surface area (Å²) in [4.78, 5) is 7.24. The molecule has 1 saturated heterocycles. The normalized spacial score (nSPS) is 21.8. The van der Waals surface area contributed by atoms with Crippen LogP contribution in [0.15, 0.2) is 5.38 Å². The summed E-state index contributed by atoms with van der Waals surface area (Å²) in [5.41, 5.74) is 1.18. The van der Waals surface area contributed by atoms with Gasteiger partial charge in [-0.3, -0.25) is 0 Å². The van der Waals surface area contributed by atoms with Crippen LogP contribution in [0.4, 0.5) is 0 Å². The Bertz CT molecular complexity index is 324. The molecule has 0 amide bonds. The molecule has 1 aromatic rings. The molecule has 0 bridgehead atoms. The minimum absolute atomic E-state index is 0.735. The van der Waals surface area contributed by atoms with Crippen LogP contribution in [0, 0.1) is 0 Å². The number of nitrogens with one attached hydrogen (secondary N) is 1. The van der Waals surface area contributed by atoms with Gasteiger partial charge in [0.1, 0.15) is 0 Å². The van der Waals surface area contributed by atoms with Gasteiger partial charge in [-0.2, -0.15) is 0 Å². The molecule has 2 heterocycles. The van der Waals surface area contributed by atoms with Crippen molar-refractivity contribution in [3.05, 3.63) is 16.1 Å². The van der Waals surface area contributed by atoms with E-state index in [4.69, 9.17) is 0 Å². The first-order valence-corrected chi connectivity index (χ1v) is 7.03. The SMILES string of the molecule is CCN1CCCC1Cc1nc(CNC)cs1. The fraction of sp³-hybridized carbons (Fsp3) is 0.750. The summed E-state index contributed by atoms with van der Waals surface area (Å²) < 4.78 is 0. The van der Waals surface area contributed by atoms with Gasteiger partial charge < -0.3 is 10.2 Å². The number of rotatable bonds is 5. The smallest absolute Gasteiger partial charge is 0.0944 e. The molecule has 0 radical (unpaired) electrons. The maximum atomic E-state index is 4.66. The van der Waals surface area contributed by atoms with Gasteiger partial charge in [0, 0.05) is 24.4 Å². The van der Waals surface area contributed by atoms with Crippen LogP contribution in [0.3, 0.4) is 0 Å². The van der Waals surface area contributed by atoms with Crippen LogP contribution in [0.1, 0.15) is 30.5 Å². The van der Waals surface area contributed by atoms with Crippen molar-refractivity contribution in [1.29, 1.82) is 0 Å². The molecule has 1 aliphatic rings. The minimum atomic E-state index is 0.735. The first-order valence-electron chi connectivity index (χ1n) is 6.15. The molecule has 4 heteroatoms. The van der Waals surface area contributed by atoms with Crippen molar-refractivity contribution in [1.82, 2.24) is 15.2 Å². The van der Waals surface area contributed by atoms with Crippen molar-refractivity contribution < 1.29 is 0 Å². The summed E-state index contributed by atoms with van der Waals surface area (Å²) in [7, 11) is 1.97. The second kappa shape index (κ2) is 5.75. The van der Waals surface area contributed by atoms with Crippen LogP contribution in [0.2, 0.25) is 0 Å². The van der Waals surface area contributed by atoms with Gasteiger partial charge in [0.25, 0.3) is 0 Å². The number of likely N-dealkylation sites (N-methyl/N-ethyl adjacent to an activating group) is 1. The Morgan fingerprint density at radius 1 is 1.62 bits per heavy atom. The number of hydrogen-bond acceptors (Lipinski definition) is 4. The number of hydrogen-bond donors (Lipinski definition) is 1. The zero-order chi connectivity index (χ0) is 11.4. The average Bonchev–Trinajstić information content (AvgIpc) is 2.89. The van der Waals surface area contributed by atoms with E-state index in [1.165, 1.54) is 36.6 Å². The second-order valence-corrected chi connectivity index (χ2v) is 5.33. The van der Waals surface area contributed by atoms with Gasteiger partial charge in [-0.15, -0.1) is 11.3 Å². The molecule has 0 aromatic carbocycles. The summed E-state index contributed by atoms with van der Waals surface area (Å²) in [6.07, 6.45) is 3.84. The molecule has 0 saturated carbocycles. The Kier molecular flexibility index (Phi) is 4.32. The van der Waals surface area contributed by atoms with E-state index in [0.717, 1.165) is 19.0 Å². The van der Waals surface area contributed by atoms with E-state index >= 15 is 0 Å². The molecular formula is C12H21N3S. The summed E-state index contributed by atoms with van der Waals surface area (Å²) >= 11 is 1.81. The quantitative estimate of drug-likeness (QED) is 0.850. The van der Waals surface area contributed by atoms with Gasteiger partial charge in [0.05, 0.1) is 10.7 Å². The highest BCUT2D eigenvalue weighted by atomic mass is 32.1. The van der Waals surface area contributed by atoms with E-state index in [0.29, 0.717) is 0 Å². The van der Waals surface area contributed by atoms with E-state index in [2.05, 4.69) is 27.5 Å². The van der Waals surface area contributed by atoms with Gasteiger partial charge in [-0.1, -0.05) is 6.92 Å². The third-order valence-corrected chi connectivity index (χ3v) is 4.19. The molecule has 1 aromatic heterocycles. The maximum absolute atomic E-state index is 4.66. The second-order valence-electron chi connectivity index (χ2n) is 4.39. The first-order chi connectivity index (χ1) is 7.83. The topological polar surface area (TPSA) is 28.2 Å². The third-order valence-electron chi connectivity index (χ3n) is 3.27. The molecular weight excluding hydrogens is 218 g/mol. The van der Waals surface area contributed by atoms with Crippen LogP contribution >= 0.6 is 11.3 Å². The highest BCUT2D eigenvalue weighted by Gasteiger charge is 2.23. The minimum Gasteiger partial charge on any atom is -0.314 e. The number of thiazole rings is 1. The van der Waals surface area contributed by atoms with Crippen LogP contribution in [0.25, 0.3) is 0 Å². The largest absolute Gasteiger partial charge is 0.314 e. The van der Waals surface area contributed by atoms with Crippen LogP contribution in [-0.4, -0.2) is 36.1 Å². The summed E-state index contributed by atoms with van der Waals surface area (Å²) in [6, 6.07) is 0.735. The number of nitrogens with zero attached hydrogens (tertiary/aromatic N) is 2. The van der Waals surface area contributed by atoms with E-state index in [1.54, 1.807) is 0 Å². The first kappa shape index (κ1) is 12.0. The summed E-state index contributed by atoms with van der Waals surface area (Å²) in [5, 5.41) is 6.62. The lowest BCUT2D eigenvalue weighted by molar-refractivity contribution is 0.266. The van der Waals surface area contributed by atoms with E-state index in [1.807, 2.05) is 18.4 Å². The molecule has 1 aliphatic heterocycles. The maximum Gasteiger partial charge on any atom is 0.0944 e. The molecule has 2 rings (SSSR count). The highest BCUT2D eigenvalue weighted by molar-refractivity contribution is 7.09. The lowest BCUT2D eigenvalue weighted by atomic mass is 10.1. The third kappa shape index (κ3) is 2.81. The van der Waals surface area contributed by atoms with Crippen molar-refractivity contribution in [3.8, 4) is 0 Å². The van der Waals surface area contributed by atoms with Gasteiger partial charge in [-0.05, 0) is 33.0 Å². The summed E-state index contributed by atoms with van der Waals surface area (Å²) in [5.74, 6) is 0. The molecule has 1 fully saturated rings. The van der Waals surface area contributed by atoms with Crippen molar-refractivity contribution in [2.75, 3.05) is 20.1 Å². The Morgan fingerprint density at radius 3 is 3.25 bits per heavy atom. The van der Waals surface area contributed by atoms with Crippen LogP contribution in [-0.2, 0) is 13.0 Å². The zero-order valence-corrected chi connectivity index (χ0v) is 11.0. The molecule has 3 nitrogen and oxygen atoms in total. The van der Waals surface area contributed by atoms with Gasteiger partial charge >= 0.3 is 0 Å². The fourth-order valence-corrected chi connectivity index (χ4v) is 3.32. The molecule has 16 heavy (non-hydrogen) atoms.